The van der Waals surface area contributed by atoms with Crippen molar-refractivity contribution >= 4 is 17.3 Å². The molecular formula is C12H19N3O2. The van der Waals surface area contributed by atoms with Crippen molar-refractivity contribution in [2.75, 3.05) is 24.7 Å². The Labute approximate surface area is 101 Å². The molecule has 5 N–H and O–H groups in total. The normalized spacial score (nSPS) is 11.2. The monoisotopic (exact) mass is 237 g/mol. The van der Waals surface area contributed by atoms with Crippen LogP contribution in [0, 0.1) is 0 Å². The Morgan fingerprint density at radius 1 is 1.47 bits per heavy atom. The summed E-state index contributed by atoms with van der Waals surface area (Å²) in [5, 5.41) is 3.10. The number of hydrogen-bond acceptors (Lipinski definition) is 4. The molecule has 0 spiro atoms. The number of nitrogens with two attached hydrogens (primary N) is 2. The van der Waals surface area contributed by atoms with E-state index in [-0.39, 0.29) is 5.60 Å². The zero-order valence-electron chi connectivity index (χ0n) is 10.4. The standard InChI is InChI=1S/C12H19N3O2/c1-12(2,17-3)7-15-10-8(11(14)16)5-4-6-9(10)13/h4-6,15H,7,13H2,1-3H3,(H2,14,16). The molecule has 0 saturated heterocycles. The second-order valence-corrected chi connectivity index (χ2v) is 4.45. The lowest BCUT2D eigenvalue weighted by Gasteiger charge is -2.24. The van der Waals surface area contributed by atoms with Gasteiger partial charge in [-0.15, -0.1) is 0 Å². The zero-order valence-corrected chi connectivity index (χ0v) is 10.4. The second-order valence-electron chi connectivity index (χ2n) is 4.45. The Morgan fingerprint density at radius 2 is 2.12 bits per heavy atom. The first-order valence-corrected chi connectivity index (χ1v) is 5.34. The van der Waals surface area contributed by atoms with Crippen LogP contribution in [0.4, 0.5) is 11.4 Å². The van der Waals surface area contributed by atoms with Gasteiger partial charge in [0.05, 0.1) is 22.5 Å². The Hall–Kier alpha value is -1.75. The van der Waals surface area contributed by atoms with E-state index < -0.39 is 5.91 Å². The highest BCUT2D eigenvalue weighted by Crippen LogP contribution is 2.24. The minimum atomic E-state index is -0.505. The summed E-state index contributed by atoms with van der Waals surface area (Å²) in [5.74, 6) is -0.505. The van der Waals surface area contributed by atoms with E-state index >= 15 is 0 Å². The smallest absolute Gasteiger partial charge is 0.250 e. The van der Waals surface area contributed by atoms with Gasteiger partial charge in [-0.25, -0.2) is 0 Å². The van der Waals surface area contributed by atoms with Crippen molar-refractivity contribution < 1.29 is 9.53 Å². The molecule has 94 valence electrons. The number of nitrogens with one attached hydrogen (secondary N) is 1. The average molecular weight is 237 g/mol. The molecule has 0 bridgehead atoms. The van der Waals surface area contributed by atoms with Crippen LogP contribution in [0.25, 0.3) is 0 Å². The molecule has 0 aliphatic rings. The van der Waals surface area contributed by atoms with Crippen molar-refractivity contribution in [2.45, 2.75) is 19.4 Å². The van der Waals surface area contributed by atoms with Crippen molar-refractivity contribution in [3.63, 3.8) is 0 Å². The Bertz CT molecular complexity index is 416. The van der Waals surface area contributed by atoms with Crippen LogP contribution in [0.1, 0.15) is 24.2 Å². The fourth-order valence-electron chi connectivity index (χ4n) is 1.35. The summed E-state index contributed by atoms with van der Waals surface area (Å²) in [4.78, 5) is 11.3. The van der Waals surface area contributed by atoms with E-state index in [2.05, 4.69) is 5.32 Å². The second kappa shape index (κ2) is 5.05. The molecule has 1 aromatic rings. The van der Waals surface area contributed by atoms with Crippen molar-refractivity contribution in [1.29, 1.82) is 0 Å². The fourth-order valence-corrected chi connectivity index (χ4v) is 1.35. The van der Waals surface area contributed by atoms with E-state index in [4.69, 9.17) is 16.2 Å². The zero-order chi connectivity index (χ0) is 13.1. The van der Waals surface area contributed by atoms with Gasteiger partial charge in [0.1, 0.15) is 0 Å². The summed E-state index contributed by atoms with van der Waals surface area (Å²) in [6.07, 6.45) is 0. The Balaban J connectivity index is 2.94. The number of nitrogen functional groups attached to an aromatic ring is 1. The van der Waals surface area contributed by atoms with Crippen LogP contribution in [-0.4, -0.2) is 25.2 Å². The lowest BCUT2D eigenvalue weighted by molar-refractivity contribution is 0.0343. The third-order valence-electron chi connectivity index (χ3n) is 2.61. The molecule has 0 aliphatic heterocycles. The lowest BCUT2D eigenvalue weighted by atomic mass is 10.1. The third kappa shape index (κ3) is 3.35. The van der Waals surface area contributed by atoms with Gasteiger partial charge < -0.3 is 21.5 Å². The summed E-state index contributed by atoms with van der Waals surface area (Å²) in [6.45, 7) is 4.39. The van der Waals surface area contributed by atoms with Crippen molar-refractivity contribution in [1.82, 2.24) is 0 Å². The number of hydrogen-bond donors (Lipinski definition) is 3. The van der Waals surface area contributed by atoms with E-state index in [1.54, 1.807) is 25.3 Å². The minimum absolute atomic E-state index is 0.350. The van der Waals surface area contributed by atoms with Crippen LogP contribution >= 0.6 is 0 Å². The topological polar surface area (TPSA) is 90.4 Å². The Kier molecular flexibility index (Phi) is 3.96. The lowest BCUT2D eigenvalue weighted by Crippen LogP contribution is -2.32. The molecular weight excluding hydrogens is 218 g/mol. The predicted octanol–water partition coefficient (Wildman–Crippen LogP) is 1.20. The number of benzene rings is 1. The van der Waals surface area contributed by atoms with Crippen LogP contribution < -0.4 is 16.8 Å². The summed E-state index contributed by atoms with van der Waals surface area (Å²) < 4.78 is 5.28. The first kappa shape index (κ1) is 13.3. The first-order chi connectivity index (χ1) is 7.87. The average Bonchev–Trinajstić information content (AvgIpc) is 2.27. The van der Waals surface area contributed by atoms with Crippen molar-refractivity contribution in [3.8, 4) is 0 Å². The van der Waals surface area contributed by atoms with Gasteiger partial charge in [0.25, 0.3) is 5.91 Å². The van der Waals surface area contributed by atoms with E-state index in [0.717, 1.165) is 0 Å². The van der Waals surface area contributed by atoms with Crippen LogP contribution in [0.15, 0.2) is 18.2 Å². The van der Waals surface area contributed by atoms with Crippen LogP contribution in [-0.2, 0) is 4.74 Å². The molecule has 1 amide bonds. The molecule has 0 unspecified atom stereocenters. The number of rotatable bonds is 5. The van der Waals surface area contributed by atoms with Gasteiger partial charge in [-0.1, -0.05) is 6.07 Å². The highest BCUT2D eigenvalue weighted by molar-refractivity contribution is 6.01. The summed E-state index contributed by atoms with van der Waals surface area (Å²) >= 11 is 0. The van der Waals surface area contributed by atoms with Crippen LogP contribution in [0.2, 0.25) is 0 Å². The number of para-hydroxylation sites is 1. The molecule has 0 atom stereocenters. The van der Waals surface area contributed by atoms with Gasteiger partial charge in [0.2, 0.25) is 0 Å². The molecule has 17 heavy (non-hydrogen) atoms. The molecule has 0 fully saturated rings. The van der Waals surface area contributed by atoms with E-state index in [0.29, 0.717) is 23.5 Å². The molecule has 5 heteroatoms. The van der Waals surface area contributed by atoms with E-state index in [1.807, 2.05) is 13.8 Å². The predicted molar refractivity (Wildman–Crippen MR) is 69.0 cm³/mol. The van der Waals surface area contributed by atoms with Gasteiger partial charge in [-0.2, -0.15) is 0 Å². The maximum atomic E-state index is 11.3. The molecule has 1 aromatic carbocycles. The molecule has 0 radical (unpaired) electrons. The number of methoxy groups -OCH3 is 1. The number of carbonyl (C=O) groups is 1. The molecule has 0 heterocycles. The van der Waals surface area contributed by atoms with Gasteiger partial charge in [0, 0.05) is 13.7 Å². The van der Waals surface area contributed by atoms with Crippen LogP contribution in [0.3, 0.4) is 0 Å². The number of anilines is 2. The van der Waals surface area contributed by atoms with Crippen molar-refractivity contribution in [3.05, 3.63) is 23.8 Å². The molecule has 0 aromatic heterocycles. The largest absolute Gasteiger partial charge is 0.397 e. The maximum Gasteiger partial charge on any atom is 0.250 e. The number of amides is 1. The van der Waals surface area contributed by atoms with Crippen molar-refractivity contribution in [2.24, 2.45) is 5.73 Å². The number of carbonyl (C=O) groups excluding carboxylic acids is 1. The first-order valence-electron chi connectivity index (χ1n) is 5.34. The summed E-state index contributed by atoms with van der Waals surface area (Å²) in [6, 6.07) is 5.05. The maximum absolute atomic E-state index is 11.3. The molecule has 5 nitrogen and oxygen atoms in total. The highest BCUT2D eigenvalue weighted by atomic mass is 16.5. The van der Waals surface area contributed by atoms with Gasteiger partial charge in [-0.3, -0.25) is 4.79 Å². The molecule has 0 aliphatic carbocycles. The van der Waals surface area contributed by atoms with E-state index in [9.17, 15) is 4.79 Å². The fraction of sp³-hybridized carbons (Fsp3) is 0.417. The van der Waals surface area contributed by atoms with Crippen LogP contribution in [0.5, 0.6) is 0 Å². The number of ether oxygens (including phenoxy) is 1. The SMILES string of the molecule is COC(C)(C)CNc1c(N)cccc1C(N)=O. The number of primary amides is 1. The summed E-state index contributed by atoms with van der Waals surface area (Å²) in [5.41, 5.74) is 12.2. The summed E-state index contributed by atoms with van der Waals surface area (Å²) in [7, 11) is 1.63. The molecule has 1 rings (SSSR count). The van der Waals surface area contributed by atoms with Gasteiger partial charge in [0.15, 0.2) is 0 Å². The molecule has 0 saturated carbocycles. The quantitative estimate of drug-likeness (QED) is 0.671. The van der Waals surface area contributed by atoms with Gasteiger partial charge >= 0.3 is 0 Å². The van der Waals surface area contributed by atoms with Gasteiger partial charge in [-0.05, 0) is 26.0 Å². The minimum Gasteiger partial charge on any atom is -0.397 e. The third-order valence-corrected chi connectivity index (χ3v) is 2.61. The highest BCUT2D eigenvalue weighted by Gasteiger charge is 2.18. The Morgan fingerprint density at radius 3 is 2.65 bits per heavy atom. The van der Waals surface area contributed by atoms with E-state index in [1.165, 1.54) is 0 Å².